The van der Waals surface area contributed by atoms with Gasteiger partial charge in [-0.15, -0.1) is 0 Å². The Balaban J connectivity index is 0.000000947. The van der Waals surface area contributed by atoms with Crippen LogP contribution in [0.4, 0.5) is 12.9 Å². The van der Waals surface area contributed by atoms with Gasteiger partial charge in [-0.25, -0.2) is 0 Å². The highest BCUT2D eigenvalue weighted by Gasteiger charge is 2.20. The number of hydrogen-bond donors (Lipinski definition) is 0. The predicted octanol–water partition coefficient (Wildman–Crippen LogP) is 3.05. The van der Waals surface area contributed by atoms with E-state index in [4.69, 9.17) is 9.47 Å². The molecule has 0 N–H and O–H groups in total. The molecule has 0 aromatic heterocycles. The smallest absolute Gasteiger partial charge is 0.762 e. The van der Waals surface area contributed by atoms with Crippen molar-refractivity contribution in [1.29, 1.82) is 0 Å². The summed E-state index contributed by atoms with van der Waals surface area (Å²) in [5.74, 6) is 0. The third kappa shape index (κ3) is 10.5. The van der Waals surface area contributed by atoms with Gasteiger partial charge in [0.1, 0.15) is 0 Å². The summed E-state index contributed by atoms with van der Waals surface area (Å²) < 4.78 is 40.1. The average molecular weight is 531 g/mol. The maximum Gasteiger partial charge on any atom is 0.762 e. The molecule has 9 heteroatoms. The van der Waals surface area contributed by atoms with Crippen molar-refractivity contribution in [1.82, 2.24) is 9.80 Å². The molecule has 2 aromatic rings. The van der Waals surface area contributed by atoms with E-state index < -0.39 is 7.54 Å². The Kier molecular flexibility index (Phi) is 13.9. The van der Waals surface area contributed by atoms with Crippen molar-refractivity contribution in [3.05, 3.63) is 101 Å². The fourth-order valence-electron chi connectivity index (χ4n) is 4.36. The van der Waals surface area contributed by atoms with Gasteiger partial charge in [0.25, 0.3) is 0 Å². The Bertz CT molecular complexity index is 1020. The maximum absolute atomic E-state index is 9.67. The van der Waals surface area contributed by atoms with E-state index in [1.807, 2.05) is 0 Å². The van der Waals surface area contributed by atoms with Gasteiger partial charge in [-0.2, -0.15) is 0 Å². The molecule has 2 saturated heterocycles. The number of aryl methyl sites for hydroxylation is 2. The highest BCUT2D eigenvalue weighted by Crippen LogP contribution is 2.24. The van der Waals surface area contributed by atoms with E-state index >= 15 is 0 Å². The summed E-state index contributed by atoms with van der Waals surface area (Å²) in [4.78, 5) is 4.92. The monoisotopic (exact) mass is 531 g/mol. The van der Waals surface area contributed by atoms with Crippen LogP contribution in [0.2, 0.25) is 0 Å². The van der Waals surface area contributed by atoms with Crippen LogP contribution in [0, 0.1) is 13.8 Å². The summed E-state index contributed by atoms with van der Waals surface area (Å²) in [5.41, 5.74) is 6.41. The van der Waals surface area contributed by atoms with Crippen molar-refractivity contribution in [3.8, 4) is 0 Å². The fourth-order valence-corrected chi connectivity index (χ4v) is 4.36. The van der Waals surface area contributed by atoms with Crippen LogP contribution in [0.1, 0.15) is 28.3 Å². The molecule has 2 heterocycles. The van der Waals surface area contributed by atoms with Crippen LogP contribution < -0.4 is 4.70 Å². The molecule has 206 valence electrons. The Morgan fingerprint density at radius 1 is 0.763 bits per heavy atom. The molecule has 2 aromatic carbocycles. The molecule has 0 aliphatic carbocycles. The predicted molar refractivity (Wildman–Crippen MR) is 145 cm³/mol. The number of morpholine rings is 2. The lowest BCUT2D eigenvalue weighted by molar-refractivity contribution is -0.0000131. The van der Waals surface area contributed by atoms with Gasteiger partial charge < -0.3 is 19.1 Å². The molecular formula is C29H36BF4N2O2-. The van der Waals surface area contributed by atoms with Gasteiger partial charge >= 0.3 is 7.54 Å². The van der Waals surface area contributed by atoms with Gasteiger partial charge in [-0.1, -0.05) is 84.0 Å². The summed E-state index contributed by atoms with van der Waals surface area (Å²) in [6.45, 7) is 11.2. The highest BCUT2D eigenvalue weighted by molar-refractivity contribution is 6.33. The average Bonchev–Trinajstić information content (AvgIpc) is 2.90. The maximum atomic E-state index is 9.67. The first-order valence-electron chi connectivity index (χ1n) is 12.7. The quantitative estimate of drug-likeness (QED) is 0.312. The van der Waals surface area contributed by atoms with Crippen LogP contribution in [-0.4, -0.2) is 70.0 Å². The molecule has 0 bridgehead atoms. The van der Waals surface area contributed by atoms with Crippen molar-refractivity contribution in [2.45, 2.75) is 19.9 Å². The minimum Gasteiger partial charge on any atom is -1.00 e. The zero-order chi connectivity index (χ0) is 26.5. The second-order valence-electron chi connectivity index (χ2n) is 9.04. The third-order valence-corrected chi connectivity index (χ3v) is 6.33. The lowest BCUT2D eigenvalue weighted by Gasteiger charge is -2.33. The molecule has 2 fully saturated rings. The Hall–Kier alpha value is -2.88. The zero-order valence-electron chi connectivity index (χ0n) is 22.0. The molecule has 2 aliphatic rings. The Morgan fingerprint density at radius 3 is 1.82 bits per heavy atom. The van der Waals surface area contributed by atoms with Gasteiger partial charge in [-0.3, -0.25) is 17.8 Å². The van der Waals surface area contributed by atoms with E-state index in [-0.39, 0.29) is 10.7 Å². The van der Waals surface area contributed by atoms with E-state index in [1.54, 1.807) is 0 Å². The second-order valence-corrected chi connectivity index (χ2v) is 9.04. The minimum absolute atomic E-state index is 0. The molecule has 0 radical (unpaired) electrons. The number of ether oxygens (including phenoxy) is 2. The van der Waals surface area contributed by atoms with Gasteiger partial charge in [0, 0.05) is 31.9 Å². The number of halogens is 4. The normalized spacial score (nSPS) is 17.6. The lowest BCUT2D eigenvalue weighted by Crippen LogP contribution is -3.00. The van der Waals surface area contributed by atoms with Crippen LogP contribution in [0.5, 0.6) is 0 Å². The molecule has 0 amide bonds. The topological polar surface area (TPSA) is 24.9 Å². The molecule has 4 rings (SSSR count). The molecule has 1 unspecified atom stereocenters. The number of benzene rings is 2. The van der Waals surface area contributed by atoms with Crippen LogP contribution in [-0.2, 0) is 9.47 Å². The molecule has 0 spiro atoms. The van der Waals surface area contributed by atoms with E-state index in [9.17, 15) is 12.9 Å². The summed E-state index contributed by atoms with van der Waals surface area (Å²) >= 11 is 0. The minimum atomic E-state index is -3.67. The molecule has 1 atom stereocenters. The highest BCUT2D eigenvalue weighted by atomic mass is 19.4. The summed E-state index contributed by atoms with van der Waals surface area (Å²) in [6, 6.07) is 18.0. The zero-order valence-corrected chi connectivity index (χ0v) is 22.0. The molecule has 38 heavy (non-hydrogen) atoms. The van der Waals surface area contributed by atoms with E-state index in [0.29, 0.717) is 0 Å². The molecule has 4 nitrogen and oxygen atoms in total. The number of rotatable bonds is 7. The van der Waals surface area contributed by atoms with Crippen LogP contribution in [0.3, 0.4) is 0 Å². The summed E-state index contributed by atoms with van der Waals surface area (Å²) in [7, 11) is -3.67. The first-order chi connectivity index (χ1) is 17.9. The van der Waals surface area contributed by atoms with Crippen molar-refractivity contribution < 1.29 is 27.1 Å². The Morgan fingerprint density at radius 2 is 1.26 bits per heavy atom. The number of hydrogen-bond acceptors (Lipinski definition) is 4. The second kappa shape index (κ2) is 16.9. The third-order valence-electron chi connectivity index (χ3n) is 6.33. The fraction of sp³-hybridized carbons (Fsp3) is 0.379. The first kappa shape index (κ1) is 31.3. The van der Waals surface area contributed by atoms with E-state index in [1.165, 1.54) is 28.0 Å². The van der Waals surface area contributed by atoms with Gasteiger partial charge in [0.2, 0.25) is 0 Å². The largest absolute Gasteiger partial charge is 1.00 e. The van der Waals surface area contributed by atoms with Crippen LogP contribution in [0.15, 0.2) is 78.9 Å². The number of nitrogens with zero attached hydrogens (tertiary/aromatic N) is 2. The SMILES string of the molecule is Cc1ccc(C(=CC=CC=CC(c2ccc(C)cc2)N2CCOCC2)N2CCOCC2)cc1.FB(F)F.[F-]. The molecule has 0 saturated carbocycles. The number of allylic oxidation sites excluding steroid dienone is 4. The van der Waals surface area contributed by atoms with Crippen LogP contribution >= 0.6 is 0 Å². The van der Waals surface area contributed by atoms with E-state index in [0.717, 1.165) is 52.6 Å². The van der Waals surface area contributed by atoms with Crippen molar-refractivity contribution in [3.63, 3.8) is 0 Å². The van der Waals surface area contributed by atoms with Gasteiger partial charge in [0.15, 0.2) is 0 Å². The summed E-state index contributed by atoms with van der Waals surface area (Å²) in [5, 5.41) is 0. The first-order valence-corrected chi connectivity index (χ1v) is 12.7. The molecular weight excluding hydrogens is 495 g/mol. The lowest BCUT2D eigenvalue weighted by atomic mass is 10.0. The van der Waals surface area contributed by atoms with Gasteiger partial charge in [-0.05, 0) is 31.1 Å². The molecule has 2 aliphatic heterocycles. The Labute approximate surface area is 224 Å². The standard InChI is InChI=1S/C29H36N2O2.BF3.FH/c1-24-8-12-26(13-9-24)28(30-16-20-32-21-17-30)6-4-3-5-7-29(31-18-22-33-23-19-31)27-14-10-25(2)11-15-27;2-1(3)4;/h3-15,28H,16-23H2,1-2H3;;1H/p-1. The van der Waals surface area contributed by atoms with Crippen molar-refractivity contribution in [2.24, 2.45) is 0 Å². The van der Waals surface area contributed by atoms with Gasteiger partial charge in [0.05, 0.1) is 32.5 Å². The summed E-state index contributed by atoms with van der Waals surface area (Å²) in [6.07, 6.45) is 11.0. The van der Waals surface area contributed by atoms with Crippen LogP contribution in [0.25, 0.3) is 5.70 Å². The van der Waals surface area contributed by atoms with Crippen molar-refractivity contribution in [2.75, 3.05) is 52.6 Å². The van der Waals surface area contributed by atoms with E-state index in [2.05, 4.69) is 103 Å². The van der Waals surface area contributed by atoms with Crippen molar-refractivity contribution >= 4 is 13.2 Å².